The van der Waals surface area contributed by atoms with Crippen molar-refractivity contribution in [1.82, 2.24) is 9.55 Å². The van der Waals surface area contributed by atoms with Crippen LogP contribution in [0.2, 0.25) is 10.0 Å². The first-order valence-corrected chi connectivity index (χ1v) is 7.65. The van der Waals surface area contributed by atoms with Crippen molar-refractivity contribution in [3.05, 3.63) is 47.0 Å². The molecular formula is C16H19Cl3N2O2. The van der Waals surface area contributed by atoms with Gasteiger partial charge in [-0.15, -0.1) is 12.4 Å². The fourth-order valence-electron chi connectivity index (χ4n) is 1.96. The van der Waals surface area contributed by atoms with Gasteiger partial charge in [-0.2, -0.15) is 0 Å². The standard InChI is InChI=1S/C16H18Cl2N2O2.ClH/c1-16(2,3)15(21)14(9-20-7-6-19-10-20)22-13-8-11(17)4-5-12(13)18;/h4-8,10,14H,9H2,1-3H3;1H. The number of hydrogen-bond acceptors (Lipinski definition) is 3. The predicted molar refractivity (Wildman–Crippen MR) is 94.8 cm³/mol. The lowest BCUT2D eigenvalue weighted by Crippen LogP contribution is -2.39. The van der Waals surface area contributed by atoms with Gasteiger partial charge in [0.2, 0.25) is 0 Å². The van der Waals surface area contributed by atoms with Gasteiger partial charge >= 0.3 is 0 Å². The highest BCUT2D eigenvalue weighted by atomic mass is 35.5. The number of nitrogens with zero attached hydrogens (tertiary/aromatic N) is 2. The van der Waals surface area contributed by atoms with Gasteiger partial charge in [0.1, 0.15) is 5.75 Å². The van der Waals surface area contributed by atoms with Crippen molar-refractivity contribution in [2.24, 2.45) is 5.41 Å². The number of ketones is 1. The molecule has 2 rings (SSSR count). The fraction of sp³-hybridized carbons (Fsp3) is 0.375. The molecule has 1 aromatic heterocycles. The topological polar surface area (TPSA) is 44.1 Å². The zero-order valence-corrected chi connectivity index (χ0v) is 15.5. The maximum absolute atomic E-state index is 12.7. The van der Waals surface area contributed by atoms with Gasteiger partial charge in [-0.1, -0.05) is 44.0 Å². The van der Waals surface area contributed by atoms with Crippen molar-refractivity contribution >= 4 is 41.4 Å². The average molecular weight is 378 g/mol. The van der Waals surface area contributed by atoms with Crippen LogP contribution >= 0.6 is 35.6 Å². The normalized spacial score (nSPS) is 12.4. The molecule has 0 saturated carbocycles. The fourth-order valence-corrected chi connectivity index (χ4v) is 2.29. The Labute approximate surface area is 152 Å². The highest BCUT2D eigenvalue weighted by molar-refractivity contribution is 6.34. The van der Waals surface area contributed by atoms with Crippen molar-refractivity contribution in [2.45, 2.75) is 33.4 Å². The molecule has 126 valence electrons. The summed E-state index contributed by atoms with van der Waals surface area (Å²) in [6.07, 6.45) is 4.41. The Morgan fingerprint density at radius 3 is 2.61 bits per heavy atom. The van der Waals surface area contributed by atoms with E-state index in [0.717, 1.165) is 0 Å². The molecule has 0 aliphatic heterocycles. The lowest BCUT2D eigenvalue weighted by Gasteiger charge is -2.26. The molecule has 0 fully saturated rings. The number of rotatable bonds is 5. The van der Waals surface area contributed by atoms with Crippen molar-refractivity contribution in [1.29, 1.82) is 0 Å². The van der Waals surface area contributed by atoms with Gasteiger partial charge in [0, 0.05) is 28.9 Å². The number of halogens is 3. The number of carbonyl (C=O) groups excluding carboxylic acids is 1. The molecule has 1 atom stereocenters. The first kappa shape index (κ1) is 19.8. The number of carbonyl (C=O) groups is 1. The summed E-state index contributed by atoms with van der Waals surface area (Å²) < 4.78 is 7.67. The Balaban J connectivity index is 0.00000264. The highest BCUT2D eigenvalue weighted by Crippen LogP contribution is 2.30. The summed E-state index contributed by atoms with van der Waals surface area (Å²) in [6.45, 7) is 5.94. The summed E-state index contributed by atoms with van der Waals surface area (Å²) in [4.78, 5) is 16.6. The maximum Gasteiger partial charge on any atom is 0.180 e. The zero-order chi connectivity index (χ0) is 16.3. The van der Waals surface area contributed by atoms with E-state index in [-0.39, 0.29) is 18.2 Å². The largest absolute Gasteiger partial charge is 0.479 e. The van der Waals surface area contributed by atoms with Crippen molar-refractivity contribution in [3.8, 4) is 5.75 Å². The number of imidazole rings is 1. The number of aromatic nitrogens is 2. The highest BCUT2D eigenvalue weighted by Gasteiger charge is 2.32. The molecule has 0 aliphatic rings. The second-order valence-corrected chi connectivity index (χ2v) is 6.90. The third-order valence-electron chi connectivity index (χ3n) is 3.13. The van der Waals surface area contributed by atoms with Gasteiger partial charge in [-0.3, -0.25) is 4.79 Å². The van der Waals surface area contributed by atoms with Gasteiger partial charge in [-0.05, 0) is 12.1 Å². The first-order valence-electron chi connectivity index (χ1n) is 6.89. The second-order valence-electron chi connectivity index (χ2n) is 6.05. The SMILES string of the molecule is CC(C)(C)C(=O)C(Cn1ccnc1)Oc1cc(Cl)ccc1Cl.Cl. The predicted octanol–water partition coefficient (Wildman–Crippen LogP) is 4.67. The monoisotopic (exact) mass is 376 g/mol. The minimum atomic E-state index is -0.676. The van der Waals surface area contributed by atoms with E-state index in [1.54, 1.807) is 41.5 Å². The zero-order valence-electron chi connectivity index (χ0n) is 13.1. The maximum atomic E-state index is 12.7. The number of hydrogen-bond donors (Lipinski definition) is 0. The molecule has 0 saturated heterocycles. The van der Waals surface area contributed by atoms with Crippen LogP contribution in [0.25, 0.3) is 0 Å². The van der Waals surface area contributed by atoms with Crippen LogP contribution in [-0.4, -0.2) is 21.4 Å². The molecule has 0 radical (unpaired) electrons. The summed E-state index contributed by atoms with van der Waals surface area (Å²) in [6, 6.07) is 4.93. The van der Waals surface area contributed by atoms with E-state index in [1.807, 2.05) is 20.8 Å². The van der Waals surface area contributed by atoms with E-state index in [9.17, 15) is 4.79 Å². The second kappa shape index (κ2) is 8.04. The summed E-state index contributed by atoms with van der Waals surface area (Å²) in [5.41, 5.74) is -0.531. The summed E-state index contributed by atoms with van der Waals surface area (Å²) in [7, 11) is 0. The van der Waals surface area contributed by atoms with Gasteiger partial charge in [-0.25, -0.2) is 4.98 Å². The Kier molecular flexibility index (Phi) is 6.93. The Bertz CT molecular complexity index is 652. The van der Waals surface area contributed by atoms with Crippen molar-refractivity contribution < 1.29 is 9.53 Å². The molecule has 7 heteroatoms. The van der Waals surface area contributed by atoms with E-state index in [4.69, 9.17) is 27.9 Å². The molecule has 23 heavy (non-hydrogen) atoms. The Morgan fingerprint density at radius 1 is 1.35 bits per heavy atom. The molecule has 0 amide bonds. The molecule has 1 aromatic carbocycles. The van der Waals surface area contributed by atoms with Crippen LogP contribution in [0.5, 0.6) is 5.75 Å². The minimum Gasteiger partial charge on any atom is -0.479 e. The summed E-state index contributed by atoms with van der Waals surface area (Å²) in [5, 5.41) is 0.922. The van der Waals surface area contributed by atoms with Crippen LogP contribution in [0.3, 0.4) is 0 Å². The first-order chi connectivity index (χ1) is 10.3. The number of ether oxygens (including phenoxy) is 1. The van der Waals surface area contributed by atoms with Gasteiger partial charge in [0.05, 0.1) is 17.9 Å². The lowest BCUT2D eigenvalue weighted by molar-refractivity contribution is -0.134. The number of Topliss-reactive ketones (excluding diaryl/α,β-unsaturated/α-hetero) is 1. The molecule has 1 unspecified atom stereocenters. The summed E-state index contributed by atoms with van der Waals surface area (Å²) >= 11 is 12.1. The van der Waals surface area contributed by atoms with Crippen LogP contribution in [0.1, 0.15) is 20.8 Å². The molecule has 2 aromatic rings. The van der Waals surface area contributed by atoms with E-state index < -0.39 is 11.5 Å². The van der Waals surface area contributed by atoms with Crippen LogP contribution in [-0.2, 0) is 11.3 Å². The van der Waals surface area contributed by atoms with Crippen LogP contribution in [0, 0.1) is 5.41 Å². The minimum absolute atomic E-state index is 0. The van der Waals surface area contributed by atoms with E-state index in [2.05, 4.69) is 4.98 Å². The lowest BCUT2D eigenvalue weighted by atomic mass is 9.87. The quantitative estimate of drug-likeness (QED) is 0.760. The van der Waals surface area contributed by atoms with Crippen molar-refractivity contribution in [3.63, 3.8) is 0 Å². The number of benzene rings is 1. The molecule has 0 aliphatic carbocycles. The van der Waals surface area contributed by atoms with Crippen LogP contribution in [0.15, 0.2) is 36.9 Å². The smallest absolute Gasteiger partial charge is 0.180 e. The summed E-state index contributed by atoms with van der Waals surface area (Å²) in [5.74, 6) is 0.383. The third kappa shape index (κ3) is 5.41. The van der Waals surface area contributed by atoms with Crippen LogP contribution < -0.4 is 4.74 Å². The Hall–Kier alpha value is -1.23. The van der Waals surface area contributed by atoms with Gasteiger partial charge in [0.25, 0.3) is 0 Å². The van der Waals surface area contributed by atoms with E-state index in [1.165, 1.54) is 0 Å². The van der Waals surface area contributed by atoms with Gasteiger partial charge < -0.3 is 9.30 Å². The molecule has 4 nitrogen and oxygen atoms in total. The Morgan fingerprint density at radius 2 is 2.04 bits per heavy atom. The molecule has 0 N–H and O–H groups in total. The van der Waals surface area contributed by atoms with Crippen LogP contribution in [0.4, 0.5) is 0 Å². The molecule has 0 bridgehead atoms. The molecular weight excluding hydrogens is 359 g/mol. The van der Waals surface area contributed by atoms with Gasteiger partial charge in [0.15, 0.2) is 11.9 Å². The van der Waals surface area contributed by atoms with Crippen molar-refractivity contribution in [2.75, 3.05) is 0 Å². The average Bonchev–Trinajstić information content (AvgIpc) is 2.93. The molecule has 0 spiro atoms. The third-order valence-corrected chi connectivity index (χ3v) is 3.68. The van der Waals surface area contributed by atoms with E-state index in [0.29, 0.717) is 22.3 Å². The van der Waals surface area contributed by atoms with E-state index >= 15 is 0 Å². The molecule has 1 heterocycles.